The smallest absolute Gasteiger partial charge is 0.00549 e. The summed E-state index contributed by atoms with van der Waals surface area (Å²) in [5, 5.41) is 0. The summed E-state index contributed by atoms with van der Waals surface area (Å²) in [7, 11) is 0. The maximum atomic E-state index is 2.37. The molecule has 2 aromatic rings. The molecule has 0 aromatic heterocycles. The number of hydrogen-bond donors (Lipinski definition) is 0. The quantitative estimate of drug-likeness (QED) is 0.633. The number of fused-ring (bicyclic) bond motifs is 2. The van der Waals surface area contributed by atoms with Gasteiger partial charge in [-0.05, 0) is 48.9 Å². The number of rotatable bonds is 3. The molecule has 0 fully saturated rings. The third-order valence-corrected chi connectivity index (χ3v) is 5.35. The van der Waals surface area contributed by atoms with Crippen molar-refractivity contribution in [1.82, 2.24) is 0 Å². The van der Waals surface area contributed by atoms with Gasteiger partial charge in [0.2, 0.25) is 0 Å². The molecule has 0 saturated carbocycles. The molecule has 0 heterocycles. The molecule has 0 bridgehead atoms. The summed E-state index contributed by atoms with van der Waals surface area (Å²) in [5.41, 5.74) is 8.93. The zero-order valence-corrected chi connectivity index (χ0v) is 13.3. The average Bonchev–Trinajstić information content (AvgIpc) is 3.01. The van der Waals surface area contributed by atoms with Crippen LogP contribution in [0.4, 0.5) is 0 Å². The molecule has 0 saturated heterocycles. The second-order valence-corrected chi connectivity index (χ2v) is 6.72. The highest BCUT2D eigenvalue weighted by molar-refractivity contribution is 5.67. The van der Waals surface area contributed by atoms with Crippen molar-refractivity contribution in [2.75, 3.05) is 0 Å². The lowest BCUT2D eigenvalue weighted by molar-refractivity contribution is 0.611. The lowest BCUT2D eigenvalue weighted by atomic mass is 9.85. The van der Waals surface area contributed by atoms with Crippen LogP contribution in [0.3, 0.4) is 0 Å². The molecule has 4 rings (SSSR count). The van der Waals surface area contributed by atoms with Crippen LogP contribution in [-0.2, 0) is 0 Å². The zero-order valence-electron chi connectivity index (χ0n) is 13.3. The topological polar surface area (TPSA) is 0 Å². The zero-order chi connectivity index (χ0) is 15.1. The van der Waals surface area contributed by atoms with Gasteiger partial charge in [0.05, 0.1) is 0 Å². The highest BCUT2D eigenvalue weighted by atomic mass is 14.3. The van der Waals surface area contributed by atoms with Crippen molar-refractivity contribution < 1.29 is 0 Å². The van der Waals surface area contributed by atoms with Gasteiger partial charge in [0, 0.05) is 11.8 Å². The summed E-state index contributed by atoms with van der Waals surface area (Å²) >= 11 is 0. The first kappa shape index (κ1) is 13.6. The molecular formula is C22H22. The fraction of sp³-hybridized carbons (Fsp3) is 0.273. The Morgan fingerprint density at radius 3 is 1.50 bits per heavy atom. The summed E-state index contributed by atoms with van der Waals surface area (Å²) in [4.78, 5) is 0. The normalized spacial score (nSPS) is 22.1. The van der Waals surface area contributed by atoms with Crippen molar-refractivity contribution in [2.24, 2.45) is 0 Å². The van der Waals surface area contributed by atoms with Crippen LogP contribution < -0.4 is 0 Å². The summed E-state index contributed by atoms with van der Waals surface area (Å²) in [6.45, 7) is 4.58. The van der Waals surface area contributed by atoms with E-state index in [1.807, 2.05) is 0 Å². The Labute approximate surface area is 133 Å². The van der Waals surface area contributed by atoms with Crippen LogP contribution >= 0.6 is 0 Å². The van der Waals surface area contributed by atoms with Gasteiger partial charge < -0.3 is 0 Å². The summed E-state index contributed by atoms with van der Waals surface area (Å²) in [6, 6.07) is 17.7. The van der Waals surface area contributed by atoms with E-state index in [-0.39, 0.29) is 0 Å². The molecular weight excluding hydrogens is 264 g/mol. The van der Waals surface area contributed by atoms with Crippen LogP contribution in [0.2, 0.25) is 0 Å². The first-order chi connectivity index (χ1) is 10.7. The van der Waals surface area contributed by atoms with Crippen molar-refractivity contribution in [1.29, 1.82) is 0 Å². The number of benzene rings is 2. The van der Waals surface area contributed by atoms with E-state index >= 15 is 0 Å². The Hall–Kier alpha value is -2.08. The van der Waals surface area contributed by atoms with Crippen molar-refractivity contribution >= 4 is 12.2 Å². The molecule has 0 spiro atoms. The number of hydrogen-bond acceptors (Lipinski definition) is 0. The van der Waals surface area contributed by atoms with Gasteiger partial charge in [-0.2, -0.15) is 0 Å². The highest BCUT2D eigenvalue weighted by Gasteiger charge is 2.26. The van der Waals surface area contributed by atoms with Crippen LogP contribution in [0.5, 0.6) is 0 Å². The van der Waals surface area contributed by atoms with Gasteiger partial charge >= 0.3 is 0 Å². The van der Waals surface area contributed by atoms with E-state index in [2.05, 4.69) is 74.5 Å². The SMILES string of the molecule is CC1=Cc2ccccc2C1CCC1C(C)=Cc2ccccc21. The molecule has 0 radical (unpaired) electrons. The Morgan fingerprint density at radius 1 is 0.636 bits per heavy atom. The lowest BCUT2D eigenvalue weighted by Gasteiger charge is -2.19. The van der Waals surface area contributed by atoms with Crippen molar-refractivity contribution in [2.45, 2.75) is 38.5 Å². The molecule has 22 heavy (non-hydrogen) atoms. The van der Waals surface area contributed by atoms with E-state index in [1.165, 1.54) is 46.2 Å². The fourth-order valence-electron chi connectivity index (χ4n) is 4.20. The second kappa shape index (κ2) is 5.28. The van der Waals surface area contributed by atoms with Crippen LogP contribution in [-0.4, -0.2) is 0 Å². The Kier molecular flexibility index (Phi) is 3.26. The second-order valence-electron chi connectivity index (χ2n) is 6.72. The maximum Gasteiger partial charge on any atom is 0.00549 e. The first-order valence-corrected chi connectivity index (χ1v) is 8.28. The highest BCUT2D eigenvalue weighted by Crippen LogP contribution is 2.44. The van der Waals surface area contributed by atoms with Crippen LogP contribution in [0.1, 0.15) is 60.8 Å². The lowest BCUT2D eigenvalue weighted by Crippen LogP contribution is -2.03. The average molecular weight is 286 g/mol. The van der Waals surface area contributed by atoms with Gasteiger partial charge in [-0.25, -0.2) is 0 Å². The van der Waals surface area contributed by atoms with E-state index in [4.69, 9.17) is 0 Å². The maximum absolute atomic E-state index is 2.37. The molecule has 0 amide bonds. The third-order valence-electron chi connectivity index (χ3n) is 5.35. The minimum absolute atomic E-state index is 0.608. The van der Waals surface area contributed by atoms with Gasteiger partial charge in [-0.15, -0.1) is 0 Å². The standard InChI is InChI=1S/C22H22/c1-15-13-17-7-3-5-9-21(17)19(15)11-12-20-16(2)14-18-8-4-6-10-22(18)20/h3-10,13-14,19-20H,11-12H2,1-2H3. The van der Waals surface area contributed by atoms with E-state index in [0.717, 1.165) is 0 Å². The van der Waals surface area contributed by atoms with Crippen molar-refractivity contribution in [3.05, 3.63) is 81.9 Å². The van der Waals surface area contributed by atoms with Gasteiger partial charge in [0.25, 0.3) is 0 Å². The fourth-order valence-corrected chi connectivity index (χ4v) is 4.20. The van der Waals surface area contributed by atoms with Crippen LogP contribution in [0.15, 0.2) is 59.7 Å². The summed E-state index contributed by atoms with van der Waals surface area (Å²) < 4.78 is 0. The molecule has 110 valence electrons. The molecule has 2 aliphatic carbocycles. The minimum atomic E-state index is 0.608. The predicted octanol–water partition coefficient (Wildman–Crippen LogP) is 6.17. The van der Waals surface area contributed by atoms with Gasteiger partial charge in [0.1, 0.15) is 0 Å². The van der Waals surface area contributed by atoms with E-state index in [1.54, 1.807) is 0 Å². The number of allylic oxidation sites excluding steroid dienone is 2. The van der Waals surface area contributed by atoms with E-state index in [9.17, 15) is 0 Å². The molecule has 2 atom stereocenters. The Morgan fingerprint density at radius 2 is 1.05 bits per heavy atom. The first-order valence-electron chi connectivity index (χ1n) is 8.28. The van der Waals surface area contributed by atoms with Crippen LogP contribution in [0.25, 0.3) is 12.2 Å². The van der Waals surface area contributed by atoms with Crippen molar-refractivity contribution in [3.63, 3.8) is 0 Å². The molecule has 0 N–H and O–H groups in total. The largest absolute Gasteiger partial charge is 0.0652 e. The summed E-state index contributed by atoms with van der Waals surface area (Å²) in [5.74, 6) is 1.22. The minimum Gasteiger partial charge on any atom is -0.0652 e. The van der Waals surface area contributed by atoms with Gasteiger partial charge in [0.15, 0.2) is 0 Å². The van der Waals surface area contributed by atoms with Crippen LogP contribution in [0, 0.1) is 0 Å². The molecule has 0 heteroatoms. The molecule has 0 aliphatic heterocycles. The van der Waals surface area contributed by atoms with Gasteiger partial charge in [-0.1, -0.05) is 71.8 Å². The van der Waals surface area contributed by atoms with E-state index in [0.29, 0.717) is 11.8 Å². The monoisotopic (exact) mass is 286 g/mol. The van der Waals surface area contributed by atoms with Crippen molar-refractivity contribution in [3.8, 4) is 0 Å². The summed E-state index contributed by atoms with van der Waals surface area (Å²) in [6.07, 6.45) is 7.21. The van der Waals surface area contributed by atoms with Gasteiger partial charge in [-0.3, -0.25) is 0 Å². The molecule has 2 unspecified atom stereocenters. The molecule has 0 nitrogen and oxygen atoms in total. The Balaban J connectivity index is 1.55. The Bertz CT molecular complexity index is 709. The van der Waals surface area contributed by atoms with E-state index < -0.39 is 0 Å². The third kappa shape index (κ3) is 2.14. The molecule has 2 aromatic carbocycles. The molecule has 2 aliphatic rings. The predicted molar refractivity (Wildman–Crippen MR) is 94.9 cm³/mol.